The van der Waals surface area contributed by atoms with Gasteiger partial charge in [0.2, 0.25) is 0 Å². The Labute approximate surface area is 125 Å². The predicted octanol–water partition coefficient (Wildman–Crippen LogP) is 1.94. The fraction of sp³-hybridized carbons (Fsp3) is 0.562. The van der Waals surface area contributed by atoms with E-state index in [0.29, 0.717) is 13.2 Å². The van der Waals surface area contributed by atoms with E-state index in [9.17, 15) is 4.79 Å². The summed E-state index contributed by atoms with van der Waals surface area (Å²) < 4.78 is 15.8. The Morgan fingerprint density at radius 1 is 1.48 bits per heavy atom. The maximum Gasteiger partial charge on any atom is 0.332 e. The fourth-order valence-corrected chi connectivity index (χ4v) is 2.34. The van der Waals surface area contributed by atoms with Crippen molar-refractivity contribution >= 4 is 5.97 Å². The molecule has 1 aliphatic rings. The zero-order valence-electron chi connectivity index (χ0n) is 12.8. The Morgan fingerprint density at radius 3 is 2.95 bits per heavy atom. The summed E-state index contributed by atoms with van der Waals surface area (Å²) in [6.07, 6.45) is 0. The third-order valence-corrected chi connectivity index (χ3v) is 3.57. The number of ether oxygens (including phenoxy) is 3. The Bertz CT molecular complexity index is 513. The lowest BCUT2D eigenvalue weighted by molar-refractivity contribution is -0.148. The van der Waals surface area contributed by atoms with E-state index in [-0.39, 0.29) is 30.6 Å². The number of benzene rings is 1. The molecule has 5 nitrogen and oxygen atoms in total. The quantitative estimate of drug-likeness (QED) is 0.812. The van der Waals surface area contributed by atoms with Crippen LogP contribution in [0, 0.1) is 0 Å². The van der Waals surface area contributed by atoms with Crippen molar-refractivity contribution in [3.8, 4) is 5.75 Å². The minimum Gasteiger partial charge on any atom is -0.492 e. The van der Waals surface area contributed by atoms with Gasteiger partial charge in [-0.05, 0) is 24.6 Å². The first-order valence-electron chi connectivity index (χ1n) is 7.20. The van der Waals surface area contributed by atoms with Crippen molar-refractivity contribution in [3.05, 3.63) is 29.3 Å². The van der Waals surface area contributed by atoms with Gasteiger partial charge in [0.25, 0.3) is 0 Å². The first-order chi connectivity index (χ1) is 9.94. The van der Waals surface area contributed by atoms with Gasteiger partial charge in [-0.2, -0.15) is 0 Å². The third-order valence-electron chi connectivity index (χ3n) is 3.57. The van der Waals surface area contributed by atoms with Gasteiger partial charge in [0.1, 0.15) is 12.4 Å². The molecule has 2 N–H and O–H groups in total. The molecule has 0 aliphatic carbocycles. The van der Waals surface area contributed by atoms with Crippen LogP contribution in [0.1, 0.15) is 37.9 Å². The molecular weight excluding hydrogens is 270 g/mol. The Hall–Kier alpha value is -1.59. The smallest absolute Gasteiger partial charge is 0.332 e. The maximum absolute atomic E-state index is 11.2. The van der Waals surface area contributed by atoms with E-state index in [4.69, 9.17) is 19.9 Å². The van der Waals surface area contributed by atoms with Crippen molar-refractivity contribution in [1.82, 2.24) is 0 Å². The monoisotopic (exact) mass is 293 g/mol. The molecular formula is C16H23NO4. The largest absolute Gasteiger partial charge is 0.492 e. The molecule has 1 aliphatic heterocycles. The number of carbonyl (C=O) groups excluding carboxylic acids is 1. The number of fused-ring (bicyclic) bond motifs is 1. The minimum atomic E-state index is -0.367. The SMILES string of the molecule is CCOC(=O)COCC(N)c1ccc2c(c1)C(C)(C)CO2. The van der Waals surface area contributed by atoms with Gasteiger partial charge >= 0.3 is 5.97 Å². The maximum atomic E-state index is 11.2. The number of hydrogen-bond donors (Lipinski definition) is 1. The number of hydrogen-bond acceptors (Lipinski definition) is 5. The molecule has 1 atom stereocenters. The average Bonchev–Trinajstić information content (AvgIpc) is 2.74. The average molecular weight is 293 g/mol. The van der Waals surface area contributed by atoms with E-state index in [0.717, 1.165) is 11.3 Å². The van der Waals surface area contributed by atoms with Crippen LogP contribution in [0.15, 0.2) is 18.2 Å². The van der Waals surface area contributed by atoms with Crippen LogP contribution in [0.2, 0.25) is 0 Å². The van der Waals surface area contributed by atoms with Crippen molar-refractivity contribution in [2.45, 2.75) is 32.2 Å². The molecule has 0 radical (unpaired) electrons. The second kappa shape index (κ2) is 6.45. The second-order valence-corrected chi connectivity index (χ2v) is 5.85. The van der Waals surface area contributed by atoms with Crippen molar-refractivity contribution in [3.63, 3.8) is 0 Å². The highest BCUT2D eigenvalue weighted by atomic mass is 16.6. The predicted molar refractivity (Wildman–Crippen MR) is 79.3 cm³/mol. The summed E-state index contributed by atoms with van der Waals surface area (Å²) in [6.45, 7) is 7.29. The van der Waals surface area contributed by atoms with Crippen LogP contribution in [-0.2, 0) is 19.7 Å². The highest BCUT2D eigenvalue weighted by Crippen LogP contribution is 2.39. The summed E-state index contributed by atoms with van der Waals surface area (Å²) in [4.78, 5) is 11.2. The van der Waals surface area contributed by atoms with Gasteiger partial charge in [-0.3, -0.25) is 0 Å². The zero-order valence-corrected chi connectivity index (χ0v) is 12.8. The molecule has 0 spiro atoms. The summed E-state index contributed by atoms with van der Waals surface area (Å²) in [7, 11) is 0. The van der Waals surface area contributed by atoms with E-state index in [1.54, 1.807) is 6.92 Å². The van der Waals surface area contributed by atoms with E-state index in [2.05, 4.69) is 19.9 Å². The number of rotatable bonds is 6. The van der Waals surface area contributed by atoms with Crippen LogP contribution in [0.25, 0.3) is 0 Å². The van der Waals surface area contributed by atoms with Crippen LogP contribution in [-0.4, -0.2) is 32.4 Å². The lowest BCUT2D eigenvalue weighted by atomic mass is 9.85. The van der Waals surface area contributed by atoms with E-state index >= 15 is 0 Å². The Morgan fingerprint density at radius 2 is 2.24 bits per heavy atom. The molecule has 116 valence electrons. The summed E-state index contributed by atoms with van der Waals surface area (Å²) in [5.74, 6) is 0.552. The van der Waals surface area contributed by atoms with Gasteiger partial charge in [-0.25, -0.2) is 4.79 Å². The molecule has 0 amide bonds. The Kier molecular flexibility index (Phi) is 4.85. The van der Waals surface area contributed by atoms with Crippen molar-refractivity contribution in [2.75, 3.05) is 26.4 Å². The normalized spacial score (nSPS) is 17.0. The number of carbonyl (C=O) groups is 1. The standard InChI is InChI=1S/C16H23NO4/c1-4-20-15(18)9-19-8-13(17)11-5-6-14-12(7-11)16(2,3)10-21-14/h5-7,13H,4,8-10,17H2,1-3H3. The van der Waals surface area contributed by atoms with Crippen LogP contribution in [0.4, 0.5) is 0 Å². The molecule has 0 saturated heterocycles. The van der Waals surface area contributed by atoms with Crippen LogP contribution in [0.3, 0.4) is 0 Å². The van der Waals surface area contributed by atoms with E-state index in [1.807, 2.05) is 12.1 Å². The number of nitrogens with two attached hydrogens (primary N) is 1. The zero-order chi connectivity index (χ0) is 15.5. The van der Waals surface area contributed by atoms with Gasteiger partial charge in [0.05, 0.1) is 25.9 Å². The lowest BCUT2D eigenvalue weighted by Gasteiger charge is -2.18. The molecule has 1 heterocycles. The van der Waals surface area contributed by atoms with E-state index in [1.165, 1.54) is 5.56 Å². The van der Waals surface area contributed by atoms with Crippen LogP contribution < -0.4 is 10.5 Å². The topological polar surface area (TPSA) is 70.8 Å². The van der Waals surface area contributed by atoms with Gasteiger partial charge in [-0.1, -0.05) is 19.9 Å². The van der Waals surface area contributed by atoms with Crippen molar-refractivity contribution < 1.29 is 19.0 Å². The van der Waals surface area contributed by atoms with Crippen LogP contribution in [0.5, 0.6) is 5.75 Å². The Balaban J connectivity index is 1.95. The van der Waals surface area contributed by atoms with Crippen LogP contribution >= 0.6 is 0 Å². The van der Waals surface area contributed by atoms with E-state index < -0.39 is 0 Å². The molecule has 5 heteroatoms. The molecule has 1 unspecified atom stereocenters. The highest BCUT2D eigenvalue weighted by molar-refractivity contribution is 5.70. The second-order valence-electron chi connectivity index (χ2n) is 5.85. The summed E-state index contributed by atoms with van der Waals surface area (Å²) in [6, 6.07) is 5.69. The molecule has 2 rings (SSSR count). The minimum absolute atomic E-state index is 0.00312. The van der Waals surface area contributed by atoms with Gasteiger partial charge < -0.3 is 19.9 Å². The fourth-order valence-electron chi connectivity index (χ4n) is 2.34. The molecule has 0 bridgehead atoms. The molecule has 0 aromatic heterocycles. The summed E-state index contributed by atoms with van der Waals surface area (Å²) >= 11 is 0. The molecule has 0 fully saturated rings. The highest BCUT2D eigenvalue weighted by Gasteiger charge is 2.32. The molecule has 0 saturated carbocycles. The van der Waals surface area contributed by atoms with Crippen molar-refractivity contribution in [2.24, 2.45) is 5.73 Å². The molecule has 1 aromatic rings. The first kappa shape index (κ1) is 15.8. The molecule has 21 heavy (non-hydrogen) atoms. The summed E-state index contributed by atoms with van der Waals surface area (Å²) in [5.41, 5.74) is 8.27. The van der Waals surface area contributed by atoms with Gasteiger partial charge in [0.15, 0.2) is 0 Å². The first-order valence-corrected chi connectivity index (χ1v) is 7.20. The number of esters is 1. The van der Waals surface area contributed by atoms with Gasteiger partial charge in [-0.15, -0.1) is 0 Å². The third kappa shape index (κ3) is 3.74. The van der Waals surface area contributed by atoms with Crippen molar-refractivity contribution in [1.29, 1.82) is 0 Å². The molecule has 1 aromatic carbocycles. The lowest BCUT2D eigenvalue weighted by Crippen LogP contribution is -2.22. The van der Waals surface area contributed by atoms with Gasteiger partial charge in [0, 0.05) is 11.0 Å². The summed E-state index contributed by atoms with van der Waals surface area (Å²) in [5, 5.41) is 0.